The fourth-order valence-electron chi connectivity index (χ4n) is 2.34. The highest BCUT2D eigenvalue weighted by atomic mass is 16.4. The van der Waals surface area contributed by atoms with Gasteiger partial charge in [0.1, 0.15) is 0 Å². The molecule has 5 heteroatoms. The molecule has 0 radical (unpaired) electrons. The zero-order valence-electron chi connectivity index (χ0n) is 11.6. The number of aliphatic carboxylic acids is 1. The van der Waals surface area contributed by atoms with Gasteiger partial charge < -0.3 is 15.4 Å². The van der Waals surface area contributed by atoms with E-state index in [0.29, 0.717) is 11.1 Å². The van der Waals surface area contributed by atoms with Gasteiger partial charge in [0.25, 0.3) is 5.91 Å². The maximum Gasteiger partial charge on any atom is 0.330 e. The average molecular weight is 294 g/mol. The Hall–Kier alpha value is -3.08. The Morgan fingerprint density at radius 2 is 1.82 bits per heavy atom. The van der Waals surface area contributed by atoms with Crippen LogP contribution in [0.5, 0.6) is 0 Å². The lowest BCUT2D eigenvalue weighted by Gasteiger charge is -2.15. The first kappa shape index (κ1) is 13.9. The smallest absolute Gasteiger partial charge is 0.330 e. The highest BCUT2D eigenvalue weighted by molar-refractivity contribution is 5.99. The van der Waals surface area contributed by atoms with Crippen LogP contribution in [0.1, 0.15) is 22.0 Å². The maximum atomic E-state index is 12.3. The number of carboxylic acids is 1. The second-order valence-electron chi connectivity index (χ2n) is 4.94. The summed E-state index contributed by atoms with van der Waals surface area (Å²) < 4.78 is 0. The molecule has 2 aromatic carbocycles. The Labute approximate surface area is 126 Å². The van der Waals surface area contributed by atoms with E-state index in [2.05, 4.69) is 10.3 Å². The number of carbonyl (C=O) groups excluding carboxylic acids is 1. The molecule has 0 fully saturated rings. The van der Waals surface area contributed by atoms with Crippen molar-refractivity contribution in [2.75, 3.05) is 0 Å². The Morgan fingerprint density at radius 3 is 2.55 bits per heavy atom. The molecule has 1 atom stereocenters. The van der Waals surface area contributed by atoms with Gasteiger partial charge in [-0.3, -0.25) is 4.79 Å². The van der Waals surface area contributed by atoms with Gasteiger partial charge >= 0.3 is 5.97 Å². The van der Waals surface area contributed by atoms with Gasteiger partial charge in [-0.25, -0.2) is 4.79 Å². The Bertz CT molecular complexity index is 824. The van der Waals surface area contributed by atoms with Crippen LogP contribution in [0, 0.1) is 0 Å². The van der Waals surface area contributed by atoms with Crippen LogP contribution < -0.4 is 5.32 Å². The molecule has 0 saturated heterocycles. The van der Waals surface area contributed by atoms with Crippen molar-refractivity contribution in [1.82, 2.24) is 10.3 Å². The van der Waals surface area contributed by atoms with Gasteiger partial charge in [0.2, 0.25) is 0 Å². The molecule has 1 aromatic heterocycles. The fraction of sp³-hybridized carbons (Fsp3) is 0.0588. The van der Waals surface area contributed by atoms with Gasteiger partial charge in [0.05, 0.1) is 0 Å². The number of aromatic nitrogens is 1. The Kier molecular flexibility index (Phi) is 3.62. The van der Waals surface area contributed by atoms with E-state index in [0.717, 1.165) is 10.9 Å². The number of benzene rings is 2. The molecule has 22 heavy (non-hydrogen) atoms. The molecular weight excluding hydrogens is 280 g/mol. The minimum atomic E-state index is -1.10. The molecule has 1 amide bonds. The van der Waals surface area contributed by atoms with Crippen LogP contribution in [0.2, 0.25) is 0 Å². The van der Waals surface area contributed by atoms with Crippen LogP contribution in [-0.4, -0.2) is 22.0 Å². The zero-order chi connectivity index (χ0) is 15.5. The molecule has 0 saturated carbocycles. The molecule has 3 rings (SSSR count). The molecule has 0 bridgehead atoms. The third kappa shape index (κ3) is 2.69. The second kappa shape index (κ2) is 5.73. The predicted octanol–water partition coefficient (Wildman–Crippen LogP) is 2.72. The van der Waals surface area contributed by atoms with Gasteiger partial charge in [-0.1, -0.05) is 30.3 Å². The first-order valence-electron chi connectivity index (χ1n) is 6.81. The number of hydrogen-bond donors (Lipinski definition) is 3. The maximum absolute atomic E-state index is 12.3. The van der Waals surface area contributed by atoms with Crippen LogP contribution in [0.25, 0.3) is 10.9 Å². The lowest BCUT2D eigenvalue weighted by Crippen LogP contribution is -2.33. The summed E-state index contributed by atoms with van der Waals surface area (Å²) in [5.74, 6) is -1.51. The number of H-pyrrole nitrogens is 1. The van der Waals surface area contributed by atoms with Crippen LogP contribution in [0.4, 0.5) is 0 Å². The number of nitrogens with one attached hydrogen (secondary N) is 2. The molecule has 5 nitrogen and oxygen atoms in total. The molecule has 0 spiro atoms. The molecule has 0 unspecified atom stereocenters. The van der Waals surface area contributed by atoms with E-state index < -0.39 is 17.9 Å². The van der Waals surface area contributed by atoms with Crippen LogP contribution in [0.3, 0.4) is 0 Å². The van der Waals surface area contributed by atoms with Crippen molar-refractivity contribution in [3.05, 3.63) is 71.9 Å². The van der Waals surface area contributed by atoms with Crippen molar-refractivity contribution in [2.45, 2.75) is 6.04 Å². The monoisotopic (exact) mass is 294 g/mol. The summed E-state index contributed by atoms with van der Waals surface area (Å²) in [6.45, 7) is 0. The molecule has 0 aliphatic carbocycles. The Balaban J connectivity index is 1.86. The molecule has 3 aromatic rings. The van der Waals surface area contributed by atoms with E-state index in [1.165, 1.54) is 0 Å². The number of hydrogen-bond acceptors (Lipinski definition) is 2. The molecule has 3 N–H and O–H groups in total. The molecule has 1 heterocycles. The van der Waals surface area contributed by atoms with Crippen LogP contribution in [0.15, 0.2) is 60.8 Å². The molecule has 110 valence electrons. The van der Waals surface area contributed by atoms with Gasteiger partial charge in [0.15, 0.2) is 6.04 Å². The number of amides is 1. The third-order valence-corrected chi connectivity index (χ3v) is 3.47. The van der Waals surface area contributed by atoms with Crippen molar-refractivity contribution in [3.8, 4) is 0 Å². The summed E-state index contributed by atoms with van der Waals surface area (Å²) in [6.07, 6.45) is 1.79. The van der Waals surface area contributed by atoms with Gasteiger partial charge in [0, 0.05) is 22.7 Å². The first-order valence-corrected chi connectivity index (χ1v) is 6.81. The normalized spacial score (nSPS) is 12.0. The summed E-state index contributed by atoms with van der Waals surface area (Å²) in [5.41, 5.74) is 1.88. The number of rotatable bonds is 4. The van der Waals surface area contributed by atoms with E-state index >= 15 is 0 Å². The first-order chi connectivity index (χ1) is 10.6. The molecule has 0 aliphatic rings. The molecular formula is C17H14N2O3. The summed E-state index contributed by atoms with van der Waals surface area (Å²) in [6, 6.07) is 14.6. The van der Waals surface area contributed by atoms with Gasteiger partial charge in [-0.2, -0.15) is 0 Å². The van der Waals surface area contributed by atoms with Gasteiger partial charge in [-0.05, 0) is 29.8 Å². The lowest BCUT2D eigenvalue weighted by atomic mass is 10.1. The van der Waals surface area contributed by atoms with E-state index in [1.807, 2.05) is 6.07 Å². The molecule has 0 aliphatic heterocycles. The summed E-state index contributed by atoms with van der Waals surface area (Å²) >= 11 is 0. The van der Waals surface area contributed by atoms with Crippen LogP contribution >= 0.6 is 0 Å². The van der Waals surface area contributed by atoms with E-state index in [-0.39, 0.29) is 0 Å². The summed E-state index contributed by atoms with van der Waals surface area (Å²) in [7, 11) is 0. The number of aromatic amines is 1. The zero-order valence-corrected chi connectivity index (χ0v) is 11.6. The number of carboxylic acid groups (broad SMARTS) is 1. The minimum Gasteiger partial charge on any atom is -0.479 e. The van der Waals surface area contributed by atoms with Crippen molar-refractivity contribution in [2.24, 2.45) is 0 Å². The number of fused-ring (bicyclic) bond motifs is 1. The standard InChI is InChI=1S/C17H14N2O3/c20-16(13-6-7-14-12(10-13)8-9-18-14)19-15(17(21)22)11-4-2-1-3-5-11/h1-10,15,18H,(H,19,20)(H,21,22)/t15-/m1/s1. The summed E-state index contributed by atoms with van der Waals surface area (Å²) in [4.78, 5) is 26.8. The number of carbonyl (C=O) groups is 2. The quantitative estimate of drug-likeness (QED) is 0.692. The van der Waals surface area contributed by atoms with Crippen molar-refractivity contribution in [1.29, 1.82) is 0 Å². The topological polar surface area (TPSA) is 82.2 Å². The van der Waals surface area contributed by atoms with E-state index in [4.69, 9.17) is 0 Å². The highest BCUT2D eigenvalue weighted by Gasteiger charge is 2.22. The minimum absolute atomic E-state index is 0.417. The van der Waals surface area contributed by atoms with Crippen molar-refractivity contribution in [3.63, 3.8) is 0 Å². The van der Waals surface area contributed by atoms with Crippen LogP contribution in [-0.2, 0) is 4.79 Å². The largest absolute Gasteiger partial charge is 0.479 e. The van der Waals surface area contributed by atoms with Gasteiger partial charge in [-0.15, -0.1) is 0 Å². The Morgan fingerprint density at radius 1 is 1.05 bits per heavy atom. The third-order valence-electron chi connectivity index (χ3n) is 3.47. The lowest BCUT2D eigenvalue weighted by molar-refractivity contribution is -0.139. The second-order valence-corrected chi connectivity index (χ2v) is 4.94. The van der Waals surface area contributed by atoms with Crippen molar-refractivity contribution >= 4 is 22.8 Å². The summed E-state index contributed by atoms with van der Waals surface area (Å²) in [5, 5.41) is 12.8. The predicted molar refractivity (Wildman–Crippen MR) is 82.6 cm³/mol. The highest BCUT2D eigenvalue weighted by Crippen LogP contribution is 2.17. The SMILES string of the molecule is O=C(N[C@@H](C(=O)O)c1ccccc1)c1ccc2[nH]ccc2c1. The van der Waals surface area contributed by atoms with E-state index in [1.54, 1.807) is 54.7 Å². The van der Waals surface area contributed by atoms with Crippen molar-refractivity contribution < 1.29 is 14.7 Å². The average Bonchev–Trinajstić information content (AvgIpc) is 3.00. The van der Waals surface area contributed by atoms with E-state index in [9.17, 15) is 14.7 Å². The fourth-order valence-corrected chi connectivity index (χ4v) is 2.34.